The van der Waals surface area contributed by atoms with Crippen LogP contribution in [-0.4, -0.2) is 6.54 Å². The van der Waals surface area contributed by atoms with Gasteiger partial charge in [-0.25, -0.2) is 0 Å². The second kappa shape index (κ2) is 3.25. The topological polar surface area (TPSA) is 12.0 Å². The van der Waals surface area contributed by atoms with Crippen molar-refractivity contribution >= 4 is 23.2 Å². The van der Waals surface area contributed by atoms with Crippen LogP contribution in [0.2, 0.25) is 10.0 Å². The SMILES string of the molecule is Clc1ccc([C@H]2CCN2)c(Cl)c1. The lowest BCUT2D eigenvalue weighted by Gasteiger charge is -2.28. The number of nitrogens with one attached hydrogen (secondary N) is 1. The molecule has 12 heavy (non-hydrogen) atoms. The molecule has 3 heteroatoms. The first-order chi connectivity index (χ1) is 5.77. The summed E-state index contributed by atoms with van der Waals surface area (Å²) in [5.41, 5.74) is 1.16. The number of rotatable bonds is 1. The molecule has 0 bridgehead atoms. The summed E-state index contributed by atoms with van der Waals surface area (Å²) < 4.78 is 0. The third-order valence-corrected chi connectivity index (χ3v) is 2.72. The molecule has 1 aromatic rings. The van der Waals surface area contributed by atoms with Crippen LogP contribution in [0.25, 0.3) is 0 Å². The number of benzene rings is 1. The molecule has 2 rings (SSSR count). The van der Waals surface area contributed by atoms with Gasteiger partial charge in [-0.15, -0.1) is 0 Å². The molecule has 0 amide bonds. The van der Waals surface area contributed by atoms with Crippen LogP contribution in [0, 0.1) is 0 Å². The van der Waals surface area contributed by atoms with Crippen molar-refractivity contribution in [2.45, 2.75) is 12.5 Å². The molecule has 0 unspecified atom stereocenters. The number of hydrogen-bond donors (Lipinski definition) is 1. The second-order valence-electron chi connectivity index (χ2n) is 2.96. The minimum Gasteiger partial charge on any atom is -0.310 e. The zero-order chi connectivity index (χ0) is 8.55. The molecular weight excluding hydrogens is 193 g/mol. The number of hydrogen-bond acceptors (Lipinski definition) is 1. The van der Waals surface area contributed by atoms with E-state index < -0.39 is 0 Å². The van der Waals surface area contributed by atoms with E-state index in [1.807, 2.05) is 12.1 Å². The van der Waals surface area contributed by atoms with Crippen LogP contribution in [0.4, 0.5) is 0 Å². The van der Waals surface area contributed by atoms with Crippen LogP contribution >= 0.6 is 23.2 Å². The Labute approximate surface area is 81.7 Å². The lowest BCUT2D eigenvalue weighted by Crippen LogP contribution is -2.35. The van der Waals surface area contributed by atoms with Gasteiger partial charge >= 0.3 is 0 Å². The Bertz CT molecular complexity index is 295. The summed E-state index contributed by atoms with van der Waals surface area (Å²) in [5, 5.41) is 4.76. The summed E-state index contributed by atoms with van der Waals surface area (Å²) in [6, 6.07) is 6.10. The lowest BCUT2D eigenvalue weighted by atomic mass is 9.98. The van der Waals surface area contributed by atoms with Crippen molar-refractivity contribution in [2.24, 2.45) is 0 Å². The largest absolute Gasteiger partial charge is 0.310 e. The van der Waals surface area contributed by atoms with Crippen molar-refractivity contribution in [1.82, 2.24) is 5.32 Å². The molecule has 0 aromatic heterocycles. The monoisotopic (exact) mass is 201 g/mol. The molecule has 1 aliphatic heterocycles. The Kier molecular flexibility index (Phi) is 2.26. The fourth-order valence-electron chi connectivity index (χ4n) is 1.34. The van der Waals surface area contributed by atoms with Crippen molar-refractivity contribution in [3.63, 3.8) is 0 Å². The first-order valence-corrected chi connectivity index (χ1v) is 4.71. The van der Waals surface area contributed by atoms with Gasteiger partial charge in [0, 0.05) is 16.1 Å². The van der Waals surface area contributed by atoms with Gasteiger partial charge < -0.3 is 5.32 Å². The van der Waals surface area contributed by atoms with Crippen LogP contribution in [0.3, 0.4) is 0 Å². The van der Waals surface area contributed by atoms with E-state index in [4.69, 9.17) is 23.2 Å². The first kappa shape index (κ1) is 8.36. The highest BCUT2D eigenvalue weighted by atomic mass is 35.5. The van der Waals surface area contributed by atoms with Crippen LogP contribution in [0.15, 0.2) is 18.2 Å². The quantitative estimate of drug-likeness (QED) is 0.737. The minimum atomic E-state index is 0.440. The van der Waals surface area contributed by atoms with Crippen LogP contribution in [0.5, 0.6) is 0 Å². The normalized spacial score (nSPS) is 22.0. The molecule has 0 aliphatic carbocycles. The molecule has 0 saturated carbocycles. The third kappa shape index (κ3) is 1.45. The smallest absolute Gasteiger partial charge is 0.0468 e. The predicted octanol–water partition coefficient (Wildman–Crippen LogP) is 3.03. The maximum Gasteiger partial charge on any atom is 0.0468 e. The van der Waals surface area contributed by atoms with Gasteiger partial charge in [-0.1, -0.05) is 29.3 Å². The summed E-state index contributed by atoms with van der Waals surface area (Å²) in [4.78, 5) is 0. The van der Waals surface area contributed by atoms with Gasteiger partial charge in [-0.05, 0) is 30.7 Å². The Hall–Kier alpha value is -0.240. The second-order valence-corrected chi connectivity index (χ2v) is 3.80. The fraction of sp³-hybridized carbons (Fsp3) is 0.333. The Balaban J connectivity index is 2.31. The molecule has 1 atom stereocenters. The van der Waals surface area contributed by atoms with E-state index in [2.05, 4.69) is 5.32 Å². The highest BCUT2D eigenvalue weighted by molar-refractivity contribution is 6.35. The molecular formula is C9H9Cl2N. The average Bonchev–Trinajstić information content (AvgIpc) is 1.91. The van der Waals surface area contributed by atoms with E-state index in [9.17, 15) is 0 Å². The summed E-state index contributed by atoms with van der Waals surface area (Å²) in [6.07, 6.45) is 1.17. The molecule has 0 radical (unpaired) electrons. The Morgan fingerprint density at radius 2 is 2.08 bits per heavy atom. The zero-order valence-electron chi connectivity index (χ0n) is 6.48. The fourth-order valence-corrected chi connectivity index (χ4v) is 1.88. The van der Waals surface area contributed by atoms with Crippen molar-refractivity contribution in [1.29, 1.82) is 0 Å². The molecule has 1 fully saturated rings. The number of halogens is 2. The van der Waals surface area contributed by atoms with E-state index in [-0.39, 0.29) is 0 Å². The highest BCUT2D eigenvalue weighted by Crippen LogP contribution is 2.30. The van der Waals surface area contributed by atoms with Gasteiger partial charge in [0.15, 0.2) is 0 Å². The predicted molar refractivity (Wildman–Crippen MR) is 51.8 cm³/mol. The Morgan fingerprint density at radius 1 is 1.33 bits per heavy atom. The highest BCUT2D eigenvalue weighted by Gasteiger charge is 2.20. The maximum absolute atomic E-state index is 6.01. The standard InChI is InChI=1S/C9H9Cl2N/c10-6-1-2-7(8(11)5-6)9-3-4-12-9/h1-2,5,9,12H,3-4H2/t9-/m1/s1. The summed E-state index contributed by atoms with van der Waals surface area (Å²) in [7, 11) is 0. The van der Waals surface area contributed by atoms with Crippen LogP contribution in [0.1, 0.15) is 18.0 Å². The van der Waals surface area contributed by atoms with Gasteiger partial charge in [-0.3, -0.25) is 0 Å². The molecule has 64 valence electrons. The molecule has 1 nitrogen and oxygen atoms in total. The van der Waals surface area contributed by atoms with Crippen molar-refractivity contribution in [3.8, 4) is 0 Å². The lowest BCUT2D eigenvalue weighted by molar-refractivity contribution is 0.383. The van der Waals surface area contributed by atoms with Crippen molar-refractivity contribution in [3.05, 3.63) is 33.8 Å². The van der Waals surface area contributed by atoms with Crippen molar-refractivity contribution < 1.29 is 0 Å². The van der Waals surface area contributed by atoms with Crippen LogP contribution < -0.4 is 5.32 Å². The van der Waals surface area contributed by atoms with Gasteiger partial charge in [0.1, 0.15) is 0 Å². The van der Waals surface area contributed by atoms with Crippen LogP contribution in [-0.2, 0) is 0 Å². The van der Waals surface area contributed by atoms with Gasteiger partial charge in [0.25, 0.3) is 0 Å². The molecule has 1 saturated heterocycles. The molecule has 1 aliphatic rings. The Morgan fingerprint density at radius 3 is 2.58 bits per heavy atom. The first-order valence-electron chi connectivity index (χ1n) is 3.96. The van der Waals surface area contributed by atoms with E-state index in [0.29, 0.717) is 11.1 Å². The zero-order valence-corrected chi connectivity index (χ0v) is 7.99. The summed E-state index contributed by atoms with van der Waals surface area (Å²) in [5.74, 6) is 0. The van der Waals surface area contributed by atoms with Gasteiger partial charge in [0.05, 0.1) is 0 Å². The van der Waals surface area contributed by atoms with E-state index >= 15 is 0 Å². The van der Waals surface area contributed by atoms with E-state index in [0.717, 1.165) is 17.1 Å². The average molecular weight is 202 g/mol. The molecule has 1 N–H and O–H groups in total. The van der Waals surface area contributed by atoms with E-state index in [1.54, 1.807) is 6.07 Å². The molecule has 1 heterocycles. The van der Waals surface area contributed by atoms with Crippen molar-refractivity contribution in [2.75, 3.05) is 6.54 Å². The molecule has 0 spiro atoms. The van der Waals surface area contributed by atoms with Gasteiger partial charge in [-0.2, -0.15) is 0 Å². The molecule has 1 aromatic carbocycles. The van der Waals surface area contributed by atoms with Gasteiger partial charge in [0.2, 0.25) is 0 Å². The maximum atomic E-state index is 6.01. The third-order valence-electron chi connectivity index (χ3n) is 2.16. The van der Waals surface area contributed by atoms with E-state index in [1.165, 1.54) is 6.42 Å². The summed E-state index contributed by atoms with van der Waals surface area (Å²) in [6.45, 7) is 1.09. The minimum absolute atomic E-state index is 0.440. The summed E-state index contributed by atoms with van der Waals surface area (Å²) >= 11 is 11.8.